The first-order valence-electron chi connectivity index (χ1n) is 8.90. The molecule has 1 fully saturated rings. The summed E-state index contributed by atoms with van der Waals surface area (Å²) in [5.74, 6) is 1.12. The highest BCUT2D eigenvalue weighted by molar-refractivity contribution is 7.93. The number of aryl methyl sites for hydroxylation is 3. The second-order valence-electron chi connectivity index (χ2n) is 7.15. The number of hydrogen-bond acceptors (Lipinski definition) is 5. The number of anilines is 1. The second-order valence-corrected chi connectivity index (χ2v) is 8.77. The number of H-pyrrole nitrogens is 1. The van der Waals surface area contributed by atoms with E-state index in [2.05, 4.69) is 19.9 Å². The third-order valence-electron chi connectivity index (χ3n) is 5.02. The molecule has 2 heterocycles. The summed E-state index contributed by atoms with van der Waals surface area (Å²) in [6.45, 7) is 7.37. The van der Waals surface area contributed by atoms with Gasteiger partial charge in [0.1, 0.15) is 4.90 Å². The molecular weight excluding hydrogens is 364 g/mol. The molecule has 4 rings (SSSR count). The van der Waals surface area contributed by atoms with Crippen molar-refractivity contribution in [2.75, 3.05) is 4.72 Å². The van der Waals surface area contributed by atoms with E-state index in [1.807, 2.05) is 26.0 Å². The minimum atomic E-state index is -3.85. The van der Waals surface area contributed by atoms with Crippen molar-refractivity contribution in [1.82, 2.24) is 15.2 Å². The molecule has 0 unspecified atom stereocenters. The largest absolute Gasteiger partial charge is 0.420 e. The summed E-state index contributed by atoms with van der Waals surface area (Å²) < 4.78 is 34.9. The average Bonchev–Trinajstić information content (AvgIpc) is 3.25. The number of sulfonamides is 1. The van der Waals surface area contributed by atoms with E-state index < -0.39 is 10.0 Å². The van der Waals surface area contributed by atoms with Crippen molar-refractivity contribution in [2.45, 2.75) is 51.3 Å². The number of nitrogens with zero attached hydrogens (tertiary/aromatic N) is 2. The zero-order chi connectivity index (χ0) is 19.3. The van der Waals surface area contributed by atoms with E-state index in [0.717, 1.165) is 24.0 Å². The third kappa shape index (κ3) is 3.14. The van der Waals surface area contributed by atoms with E-state index >= 15 is 0 Å². The Labute approximate surface area is 158 Å². The normalized spacial score (nSPS) is 14.5. The van der Waals surface area contributed by atoms with Crippen molar-refractivity contribution in [3.63, 3.8) is 0 Å². The van der Waals surface area contributed by atoms with E-state index in [1.54, 1.807) is 19.9 Å². The molecule has 1 aliphatic carbocycles. The van der Waals surface area contributed by atoms with Crippen molar-refractivity contribution in [2.24, 2.45) is 0 Å². The van der Waals surface area contributed by atoms with Crippen LogP contribution in [0.15, 0.2) is 27.5 Å². The van der Waals surface area contributed by atoms with E-state index in [9.17, 15) is 8.42 Å². The van der Waals surface area contributed by atoms with Gasteiger partial charge in [0.25, 0.3) is 15.9 Å². The lowest BCUT2D eigenvalue weighted by atomic mass is 10.1. The van der Waals surface area contributed by atoms with Crippen LogP contribution in [0, 0.1) is 27.7 Å². The molecule has 1 aliphatic rings. The Morgan fingerprint density at radius 3 is 2.56 bits per heavy atom. The Kier molecular flexibility index (Phi) is 4.10. The first kappa shape index (κ1) is 17.8. The number of benzene rings is 1. The number of rotatable bonds is 5. The molecule has 142 valence electrons. The van der Waals surface area contributed by atoms with Crippen molar-refractivity contribution >= 4 is 15.7 Å². The van der Waals surface area contributed by atoms with Gasteiger partial charge in [-0.05, 0) is 57.7 Å². The first-order valence-corrected chi connectivity index (χ1v) is 10.4. The monoisotopic (exact) mass is 386 g/mol. The predicted molar refractivity (Wildman–Crippen MR) is 102 cm³/mol. The molecule has 1 saturated carbocycles. The highest BCUT2D eigenvalue weighted by Crippen LogP contribution is 2.41. The van der Waals surface area contributed by atoms with Crippen LogP contribution >= 0.6 is 0 Å². The van der Waals surface area contributed by atoms with E-state index in [-0.39, 0.29) is 10.8 Å². The van der Waals surface area contributed by atoms with E-state index in [0.29, 0.717) is 34.4 Å². The molecule has 0 aliphatic heterocycles. The average molecular weight is 386 g/mol. The molecule has 2 aromatic heterocycles. The van der Waals surface area contributed by atoms with Gasteiger partial charge in [0.2, 0.25) is 5.89 Å². The van der Waals surface area contributed by atoms with E-state index in [4.69, 9.17) is 4.42 Å². The Hall–Kier alpha value is -2.61. The highest BCUT2D eigenvalue weighted by Gasteiger charge is 2.33. The van der Waals surface area contributed by atoms with Crippen molar-refractivity contribution in [1.29, 1.82) is 0 Å². The zero-order valence-electron chi connectivity index (χ0n) is 15.8. The Bertz CT molecular complexity index is 1120. The standard InChI is InChI=1S/C19H22N4O3S/c1-10-6-5-7-15(11(10)2)23-27(24,25)17-13(4)20-12(3)16(17)19-22-21-18(26-19)14-8-9-14/h5-7,14,20,23H,8-9H2,1-4H3. The SMILES string of the molecule is Cc1cccc(NS(=O)(=O)c2c(C)[nH]c(C)c2-c2nnc(C3CC3)o2)c1C. The summed E-state index contributed by atoms with van der Waals surface area (Å²) in [5.41, 5.74) is 4.11. The van der Waals surface area contributed by atoms with Gasteiger partial charge in [-0.15, -0.1) is 10.2 Å². The fourth-order valence-corrected chi connectivity index (χ4v) is 4.82. The van der Waals surface area contributed by atoms with Crippen molar-refractivity contribution < 1.29 is 12.8 Å². The van der Waals surface area contributed by atoms with Crippen LogP contribution < -0.4 is 4.72 Å². The molecule has 7 nitrogen and oxygen atoms in total. The Balaban J connectivity index is 1.79. The minimum absolute atomic E-state index is 0.145. The summed E-state index contributed by atoms with van der Waals surface area (Å²) in [7, 11) is -3.85. The number of aromatic nitrogens is 3. The van der Waals surface area contributed by atoms with Gasteiger partial charge < -0.3 is 9.40 Å². The summed E-state index contributed by atoms with van der Waals surface area (Å²) in [6, 6.07) is 5.53. The quantitative estimate of drug-likeness (QED) is 0.691. The summed E-state index contributed by atoms with van der Waals surface area (Å²) in [6.07, 6.45) is 2.07. The van der Waals surface area contributed by atoms with Gasteiger partial charge in [-0.3, -0.25) is 4.72 Å². The van der Waals surface area contributed by atoms with Gasteiger partial charge in [0.05, 0.1) is 11.3 Å². The van der Waals surface area contributed by atoms with Crippen LogP contribution in [-0.4, -0.2) is 23.6 Å². The van der Waals surface area contributed by atoms with Crippen LogP contribution in [0.3, 0.4) is 0 Å². The maximum atomic E-state index is 13.2. The van der Waals surface area contributed by atoms with Crippen LogP contribution in [0.25, 0.3) is 11.5 Å². The molecule has 27 heavy (non-hydrogen) atoms. The van der Waals surface area contributed by atoms with Crippen LogP contribution in [0.1, 0.15) is 47.2 Å². The van der Waals surface area contributed by atoms with Crippen LogP contribution in [0.4, 0.5) is 5.69 Å². The summed E-state index contributed by atoms with van der Waals surface area (Å²) in [5, 5.41) is 8.20. The number of hydrogen-bond donors (Lipinski definition) is 2. The highest BCUT2D eigenvalue weighted by atomic mass is 32.2. The van der Waals surface area contributed by atoms with Crippen LogP contribution in [0.2, 0.25) is 0 Å². The summed E-state index contributed by atoms with van der Waals surface area (Å²) in [4.78, 5) is 3.24. The molecule has 8 heteroatoms. The lowest BCUT2D eigenvalue weighted by molar-refractivity contribution is 0.507. The molecule has 0 spiro atoms. The van der Waals surface area contributed by atoms with Crippen LogP contribution in [0.5, 0.6) is 0 Å². The third-order valence-corrected chi connectivity index (χ3v) is 6.55. The minimum Gasteiger partial charge on any atom is -0.420 e. The molecule has 0 amide bonds. The Morgan fingerprint density at radius 2 is 1.85 bits per heavy atom. The summed E-state index contributed by atoms with van der Waals surface area (Å²) >= 11 is 0. The van der Waals surface area contributed by atoms with Gasteiger partial charge in [0, 0.05) is 17.3 Å². The van der Waals surface area contributed by atoms with Crippen molar-refractivity contribution in [3.8, 4) is 11.5 Å². The molecular formula is C19H22N4O3S. The number of aromatic amines is 1. The van der Waals surface area contributed by atoms with E-state index in [1.165, 1.54) is 0 Å². The fraction of sp³-hybridized carbons (Fsp3) is 0.368. The Morgan fingerprint density at radius 1 is 1.11 bits per heavy atom. The predicted octanol–water partition coefficient (Wildman–Crippen LogP) is 3.98. The van der Waals surface area contributed by atoms with Crippen LogP contribution in [-0.2, 0) is 10.0 Å². The lowest BCUT2D eigenvalue weighted by Crippen LogP contribution is -2.15. The molecule has 0 atom stereocenters. The molecule has 3 aromatic rings. The molecule has 1 aromatic carbocycles. The second kappa shape index (κ2) is 6.23. The number of nitrogens with one attached hydrogen (secondary N) is 2. The van der Waals surface area contributed by atoms with Gasteiger partial charge in [0.15, 0.2) is 0 Å². The molecule has 0 radical (unpaired) electrons. The maximum Gasteiger partial charge on any atom is 0.264 e. The molecule has 0 bridgehead atoms. The smallest absolute Gasteiger partial charge is 0.264 e. The molecule has 0 saturated heterocycles. The topological polar surface area (TPSA) is 101 Å². The fourth-order valence-electron chi connectivity index (χ4n) is 3.24. The van der Waals surface area contributed by atoms with Crippen molar-refractivity contribution in [3.05, 3.63) is 46.6 Å². The van der Waals surface area contributed by atoms with Gasteiger partial charge >= 0.3 is 0 Å². The van der Waals surface area contributed by atoms with Gasteiger partial charge in [-0.1, -0.05) is 12.1 Å². The first-order chi connectivity index (χ1) is 12.8. The van der Waals surface area contributed by atoms with Gasteiger partial charge in [-0.25, -0.2) is 8.42 Å². The zero-order valence-corrected chi connectivity index (χ0v) is 16.6. The maximum absolute atomic E-state index is 13.2. The van der Waals surface area contributed by atoms with Gasteiger partial charge in [-0.2, -0.15) is 0 Å². The molecule has 2 N–H and O–H groups in total. The lowest BCUT2D eigenvalue weighted by Gasteiger charge is -2.13.